The van der Waals surface area contributed by atoms with Crippen LogP contribution in [0.4, 0.5) is 14.5 Å². The number of rotatable bonds is 3. The summed E-state index contributed by atoms with van der Waals surface area (Å²) in [7, 11) is 0. The lowest BCUT2D eigenvalue weighted by molar-refractivity contribution is 0.0465. The van der Waals surface area contributed by atoms with Gasteiger partial charge in [0.1, 0.15) is 18.2 Å². The molecule has 0 spiro atoms. The molecule has 0 radical (unpaired) electrons. The molecule has 0 aromatic heterocycles. The first-order chi connectivity index (χ1) is 9.90. The zero-order chi connectivity index (χ0) is 15.6. The van der Waals surface area contributed by atoms with Gasteiger partial charge in [-0.2, -0.15) is 0 Å². The normalized spacial score (nSPS) is 10.5. The molecule has 2 aromatic carbocycles. The van der Waals surface area contributed by atoms with E-state index in [1.165, 1.54) is 18.2 Å². The van der Waals surface area contributed by atoms with Crippen LogP contribution in [0.2, 0.25) is 10.0 Å². The summed E-state index contributed by atoms with van der Waals surface area (Å²) in [6.45, 7) is -0.544. The quantitative estimate of drug-likeness (QED) is 0.677. The summed E-state index contributed by atoms with van der Waals surface area (Å²) in [5, 5.41) is 0.203. The number of hydrogen-bond acceptors (Lipinski definition) is 3. The molecule has 2 aromatic rings. The van der Waals surface area contributed by atoms with Crippen molar-refractivity contribution in [2.24, 2.45) is 0 Å². The molecule has 0 unspecified atom stereocenters. The number of ether oxygens (including phenoxy) is 1. The highest BCUT2D eigenvalue weighted by Gasteiger charge is 2.15. The number of carbonyl (C=O) groups is 1. The predicted octanol–water partition coefficient (Wildman–Crippen LogP) is 4.21. The second-order valence-electron chi connectivity index (χ2n) is 4.14. The summed E-state index contributed by atoms with van der Waals surface area (Å²) in [6, 6.07) is 5.90. The molecule has 0 saturated heterocycles. The number of anilines is 1. The maximum atomic E-state index is 13.4. The van der Waals surface area contributed by atoms with Gasteiger partial charge in [-0.05, 0) is 24.3 Å². The Morgan fingerprint density at radius 1 is 1.19 bits per heavy atom. The van der Waals surface area contributed by atoms with E-state index in [1.54, 1.807) is 0 Å². The van der Waals surface area contributed by atoms with Crippen molar-refractivity contribution in [3.63, 3.8) is 0 Å². The van der Waals surface area contributed by atoms with E-state index < -0.39 is 24.2 Å². The second kappa shape index (κ2) is 6.28. The van der Waals surface area contributed by atoms with E-state index in [2.05, 4.69) is 0 Å². The highest BCUT2D eigenvalue weighted by atomic mass is 35.5. The number of esters is 1. The molecule has 0 aliphatic rings. The molecule has 0 aliphatic carbocycles. The van der Waals surface area contributed by atoms with Crippen molar-refractivity contribution in [1.29, 1.82) is 0 Å². The van der Waals surface area contributed by atoms with Gasteiger partial charge in [-0.25, -0.2) is 13.6 Å². The van der Waals surface area contributed by atoms with Crippen molar-refractivity contribution >= 4 is 34.9 Å². The lowest BCUT2D eigenvalue weighted by atomic mass is 10.2. The van der Waals surface area contributed by atoms with Gasteiger partial charge in [-0.3, -0.25) is 0 Å². The largest absolute Gasteiger partial charge is 0.457 e. The van der Waals surface area contributed by atoms with E-state index in [0.29, 0.717) is 0 Å². The molecule has 0 saturated carbocycles. The molecule has 2 N–H and O–H groups in total. The summed E-state index contributed by atoms with van der Waals surface area (Å²) >= 11 is 11.6. The zero-order valence-electron chi connectivity index (χ0n) is 10.5. The first-order valence-corrected chi connectivity index (χ1v) is 6.50. The van der Waals surface area contributed by atoms with Crippen molar-refractivity contribution < 1.29 is 18.3 Å². The highest BCUT2D eigenvalue weighted by molar-refractivity contribution is 6.43. The van der Waals surface area contributed by atoms with E-state index in [1.807, 2.05) is 0 Å². The Kier molecular flexibility index (Phi) is 4.65. The minimum atomic E-state index is -0.817. The third-order valence-electron chi connectivity index (χ3n) is 2.70. The van der Waals surface area contributed by atoms with Crippen molar-refractivity contribution in [3.05, 3.63) is 63.1 Å². The summed E-state index contributed by atoms with van der Waals surface area (Å²) in [4.78, 5) is 11.8. The van der Waals surface area contributed by atoms with Gasteiger partial charge >= 0.3 is 5.97 Å². The molecular formula is C14H9Cl2F2NO2. The summed E-state index contributed by atoms with van der Waals surface area (Å²) in [5.41, 5.74) is 5.38. The molecule has 0 amide bonds. The maximum Gasteiger partial charge on any atom is 0.338 e. The third kappa shape index (κ3) is 3.43. The topological polar surface area (TPSA) is 52.3 Å². The zero-order valence-corrected chi connectivity index (χ0v) is 12.0. The van der Waals surface area contributed by atoms with Crippen LogP contribution in [0.15, 0.2) is 30.3 Å². The van der Waals surface area contributed by atoms with Gasteiger partial charge < -0.3 is 10.5 Å². The molecule has 0 atom stereocenters. The lowest BCUT2D eigenvalue weighted by Gasteiger charge is -2.08. The van der Waals surface area contributed by atoms with E-state index in [9.17, 15) is 13.6 Å². The number of halogens is 4. The van der Waals surface area contributed by atoms with E-state index >= 15 is 0 Å². The van der Waals surface area contributed by atoms with Crippen LogP contribution in [0.5, 0.6) is 0 Å². The number of benzene rings is 2. The number of nitrogen functional groups attached to an aromatic ring is 1. The molecule has 21 heavy (non-hydrogen) atoms. The fraction of sp³-hybridized carbons (Fsp3) is 0.0714. The van der Waals surface area contributed by atoms with Crippen LogP contribution in [0.25, 0.3) is 0 Å². The molecule has 0 aliphatic heterocycles. The molecular weight excluding hydrogens is 323 g/mol. The molecule has 3 nitrogen and oxygen atoms in total. The molecule has 0 bridgehead atoms. The van der Waals surface area contributed by atoms with Crippen molar-refractivity contribution in [2.75, 3.05) is 5.73 Å². The Bertz CT molecular complexity index is 664. The minimum Gasteiger partial charge on any atom is -0.457 e. The van der Waals surface area contributed by atoms with Gasteiger partial charge in [0.2, 0.25) is 0 Å². The number of hydrogen-bond donors (Lipinski definition) is 1. The molecule has 110 valence electrons. The van der Waals surface area contributed by atoms with Crippen LogP contribution >= 0.6 is 23.2 Å². The van der Waals surface area contributed by atoms with Crippen LogP contribution in [-0.4, -0.2) is 5.97 Å². The summed E-state index contributed by atoms with van der Waals surface area (Å²) in [6.07, 6.45) is 0. The maximum absolute atomic E-state index is 13.4. The highest BCUT2D eigenvalue weighted by Crippen LogP contribution is 2.29. The SMILES string of the molecule is Nc1cc(C(=O)OCc2c(F)cccc2F)cc(Cl)c1Cl. The predicted molar refractivity (Wildman–Crippen MR) is 76.4 cm³/mol. The molecule has 7 heteroatoms. The van der Waals surface area contributed by atoms with Gasteiger partial charge in [-0.1, -0.05) is 29.3 Å². The van der Waals surface area contributed by atoms with Gasteiger partial charge in [0, 0.05) is 0 Å². The average molecular weight is 332 g/mol. The molecule has 2 rings (SSSR count). The lowest BCUT2D eigenvalue weighted by Crippen LogP contribution is -2.08. The number of carbonyl (C=O) groups excluding carboxylic acids is 1. The Morgan fingerprint density at radius 2 is 1.81 bits per heavy atom. The fourth-order valence-corrected chi connectivity index (χ4v) is 1.96. The van der Waals surface area contributed by atoms with Crippen molar-refractivity contribution in [2.45, 2.75) is 6.61 Å². The first-order valence-electron chi connectivity index (χ1n) is 5.74. The average Bonchev–Trinajstić information content (AvgIpc) is 2.43. The second-order valence-corrected chi connectivity index (χ2v) is 4.92. The van der Waals surface area contributed by atoms with Gasteiger partial charge in [0.05, 0.1) is 26.9 Å². The van der Waals surface area contributed by atoms with Crippen LogP contribution in [-0.2, 0) is 11.3 Å². The van der Waals surface area contributed by atoms with Gasteiger partial charge in [0.25, 0.3) is 0 Å². The molecule has 0 fully saturated rings. The van der Waals surface area contributed by atoms with Crippen LogP contribution < -0.4 is 5.73 Å². The van der Waals surface area contributed by atoms with Gasteiger partial charge in [-0.15, -0.1) is 0 Å². The smallest absolute Gasteiger partial charge is 0.338 e. The first kappa shape index (κ1) is 15.5. The monoisotopic (exact) mass is 331 g/mol. The third-order valence-corrected chi connectivity index (χ3v) is 3.52. The minimum absolute atomic E-state index is 0.0404. The Balaban J connectivity index is 2.16. The van der Waals surface area contributed by atoms with E-state index in [0.717, 1.165) is 12.1 Å². The van der Waals surface area contributed by atoms with Gasteiger partial charge in [0.15, 0.2) is 0 Å². The van der Waals surface area contributed by atoms with Crippen LogP contribution in [0.3, 0.4) is 0 Å². The molecule has 0 heterocycles. The van der Waals surface area contributed by atoms with Crippen LogP contribution in [0, 0.1) is 11.6 Å². The standard InChI is InChI=1S/C14H9Cl2F2NO2/c15-9-4-7(5-12(19)13(9)16)14(20)21-6-8-10(17)2-1-3-11(8)18/h1-5H,6,19H2. The number of nitrogens with two attached hydrogens (primary N) is 1. The van der Waals surface area contributed by atoms with Crippen molar-refractivity contribution in [3.8, 4) is 0 Å². The Labute approximate surface area is 129 Å². The van der Waals surface area contributed by atoms with Crippen molar-refractivity contribution in [1.82, 2.24) is 0 Å². The summed E-state index contributed by atoms with van der Waals surface area (Å²) in [5.74, 6) is -2.41. The summed E-state index contributed by atoms with van der Waals surface area (Å²) < 4.78 is 31.6. The fourth-order valence-electron chi connectivity index (χ4n) is 1.62. The van der Waals surface area contributed by atoms with E-state index in [-0.39, 0.29) is 26.9 Å². The Hall–Kier alpha value is -1.85. The Morgan fingerprint density at radius 3 is 2.38 bits per heavy atom. The van der Waals surface area contributed by atoms with E-state index in [4.69, 9.17) is 33.7 Å². The van der Waals surface area contributed by atoms with Crippen LogP contribution in [0.1, 0.15) is 15.9 Å².